The lowest BCUT2D eigenvalue weighted by atomic mass is 10.1. The first-order valence-electron chi connectivity index (χ1n) is 4.35. The normalized spacial score (nSPS) is 12.1. The van der Waals surface area contributed by atoms with E-state index >= 15 is 0 Å². The van der Waals surface area contributed by atoms with Crippen LogP contribution in [0.2, 0.25) is 5.02 Å². The maximum Gasteiger partial charge on any atom is 0.437 e. The summed E-state index contributed by atoms with van der Waals surface area (Å²) < 4.78 is 37.8. The summed E-state index contributed by atoms with van der Waals surface area (Å²) in [6.45, 7) is -0.548. The van der Waals surface area contributed by atoms with Crippen LogP contribution in [0.25, 0.3) is 0 Å². The van der Waals surface area contributed by atoms with Gasteiger partial charge < -0.3 is 4.84 Å². The van der Waals surface area contributed by atoms with Crippen LogP contribution in [0.1, 0.15) is 5.56 Å². The van der Waals surface area contributed by atoms with Gasteiger partial charge in [0.1, 0.15) is 6.07 Å². The van der Waals surface area contributed by atoms with E-state index in [9.17, 15) is 13.2 Å². The van der Waals surface area contributed by atoms with E-state index in [1.165, 1.54) is 30.3 Å². The van der Waals surface area contributed by atoms with Crippen molar-refractivity contribution in [1.29, 1.82) is 5.26 Å². The Kier molecular flexibility index (Phi) is 4.35. The van der Waals surface area contributed by atoms with E-state index in [4.69, 9.17) is 16.9 Å². The van der Waals surface area contributed by atoms with Crippen molar-refractivity contribution in [3.8, 4) is 6.07 Å². The smallest absolute Gasteiger partial charge is 0.380 e. The summed E-state index contributed by atoms with van der Waals surface area (Å²) >= 11 is 5.56. The lowest BCUT2D eigenvalue weighted by molar-refractivity contribution is -0.0611. The van der Waals surface area contributed by atoms with Crippen LogP contribution in [0, 0.1) is 11.3 Å². The monoisotopic (exact) mass is 262 g/mol. The third-order valence-electron chi connectivity index (χ3n) is 1.67. The molecule has 0 radical (unpaired) electrons. The third-order valence-corrected chi connectivity index (χ3v) is 1.92. The summed E-state index contributed by atoms with van der Waals surface area (Å²) in [4.78, 5) is 4.23. The van der Waals surface area contributed by atoms with Crippen molar-refractivity contribution in [2.75, 3.05) is 6.61 Å². The van der Waals surface area contributed by atoms with Crippen molar-refractivity contribution in [3.63, 3.8) is 0 Å². The Balaban J connectivity index is 3.03. The van der Waals surface area contributed by atoms with Crippen molar-refractivity contribution in [1.82, 2.24) is 0 Å². The highest BCUT2D eigenvalue weighted by molar-refractivity contribution is 6.30. The molecule has 1 aromatic carbocycles. The van der Waals surface area contributed by atoms with Crippen LogP contribution >= 0.6 is 11.6 Å². The van der Waals surface area contributed by atoms with Crippen molar-refractivity contribution in [2.45, 2.75) is 6.18 Å². The molecule has 0 bridgehead atoms. The molecule has 1 rings (SSSR count). The number of nitriles is 1. The summed E-state index contributed by atoms with van der Waals surface area (Å²) in [6.07, 6.45) is -4.66. The van der Waals surface area contributed by atoms with E-state index in [-0.39, 0.29) is 5.56 Å². The Hall–Kier alpha value is -1.74. The fourth-order valence-electron chi connectivity index (χ4n) is 1.00. The van der Waals surface area contributed by atoms with E-state index in [1.807, 2.05) is 0 Å². The van der Waals surface area contributed by atoms with E-state index in [2.05, 4.69) is 9.99 Å². The molecule has 0 aliphatic rings. The van der Waals surface area contributed by atoms with Gasteiger partial charge >= 0.3 is 6.18 Å². The second-order valence-corrected chi connectivity index (χ2v) is 3.31. The maximum absolute atomic E-state index is 12.6. The molecule has 0 aliphatic carbocycles. The number of halogens is 4. The van der Waals surface area contributed by atoms with Crippen molar-refractivity contribution < 1.29 is 18.0 Å². The predicted octanol–water partition coefficient (Wildman–Crippen LogP) is 3.15. The number of hydrogen-bond acceptors (Lipinski definition) is 3. The lowest BCUT2D eigenvalue weighted by Crippen LogP contribution is -2.24. The van der Waals surface area contributed by atoms with Crippen LogP contribution in [0.3, 0.4) is 0 Å². The van der Waals surface area contributed by atoms with Crippen LogP contribution in [-0.2, 0) is 4.84 Å². The molecule has 0 aromatic heterocycles. The Morgan fingerprint density at radius 2 is 1.94 bits per heavy atom. The summed E-state index contributed by atoms with van der Waals surface area (Å²) in [5.41, 5.74) is -1.38. The van der Waals surface area contributed by atoms with Gasteiger partial charge in [0.15, 0.2) is 5.71 Å². The Labute approximate surface area is 100 Å². The van der Waals surface area contributed by atoms with Gasteiger partial charge in [-0.3, -0.25) is 0 Å². The zero-order valence-electron chi connectivity index (χ0n) is 8.33. The number of alkyl halides is 3. The van der Waals surface area contributed by atoms with Crippen molar-refractivity contribution in [3.05, 3.63) is 34.9 Å². The van der Waals surface area contributed by atoms with E-state index in [0.29, 0.717) is 5.02 Å². The minimum Gasteiger partial charge on any atom is -0.380 e. The highest BCUT2D eigenvalue weighted by Gasteiger charge is 2.37. The molecule has 0 amide bonds. The number of benzene rings is 1. The van der Waals surface area contributed by atoms with Crippen LogP contribution in [-0.4, -0.2) is 18.5 Å². The minimum absolute atomic E-state index is 0.181. The molecule has 0 fully saturated rings. The zero-order valence-corrected chi connectivity index (χ0v) is 9.09. The van der Waals surface area contributed by atoms with Gasteiger partial charge in [-0.05, 0) is 12.1 Å². The van der Waals surface area contributed by atoms with Crippen LogP contribution in [0.5, 0.6) is 0 Å². The second-order valence-electron chi connectivity index (χ2n) is 2.88. The standard InChI is InChI=1S/C10H6ClF3N2O/c11-8-3-1-7(2-4-8)9(10(12,13)14)16-17-6-5-15/h1-4H,6H2/b16-9-. The first-order valence-corrected chi connectivity index (χ1v) is 4.73. The van der Waals surface area contributed by atoms with Gasteiger partial charge in [0.25, 0.3) is 0 Å². The molecule has 17 heavy (non-hydrogen) atoms. The Morgan fingerprint density at radius 3 is 2.41 bits per heavy atom. The SMILES string of the molecule is N#CCO/N=C(/c1ccc(Cl)cc1)C(F)(F)F. The van der Waals surface area contributed by atoms with Gasteiger partial charge in [0, 0.05) is 10.6 Å². The fraction of sp³-hybridized carbons (Fsp3) is 0.200. The molecule has 0 atom stereocenters. The number of rotatable bonds is 3. The average Bonchev–Trinajstić information content (AvgIpc) is 2.25. The molecule has 0 aliphatic heterocycles. The molecule has 0 saturated heterocycles. The Bertz CT molecular complexity index is 448. The summed E-state index contributed by atoms with van der Waals surface area (Å²) in [6, 6.07) is 6.48. The van der Waals surface area contributed by atoms with Gasteiger partial charge in [0.2, 0.25) is 6.61 Å². The average molecular weight is 263 g/mol. The minimum atomic E-state index is -4.66. The van der Waals surface area contributed by atoms with E-state index < -0.39 is 18.5 Å². The highest BCUT2D eigenvalue weighted by atomic mass is 35.5. The topological polar surface area (TPSA) is 45.4 Å². The first-order chi connectivity index (χ1) is 7.95. The largest absolute Gasteiger partial charge is 0.437 e. The van der Waals surface area contributed by atoms with Crippen LogP contribution in [0.4, 0.5) is 13.2 Å². The molecule has 0 spiro atoms. The van der Waals surface area contributed by atoms with Crippen molar-refractivity contribution in [2.24, 2.45) is 5.16 Å². The van der Waals surface area contributed by atoms with Gasteiger partial charge in [-0.15, -0.1) is 0 Å². The maximum atomic E-state index is 12.6. The fourth-order valence-corrected chi connectivity index (χ4v) is 1.13. The summed E-state index contributed by atoms with van der Waals surface area (Å²) in [5, 5.41) is 11.4. The molecule has 90 valence electrons. The molecule has 0 saturated carbocycles. The molecule has 7 heteroatoms. The highest BCUT2D eigenvalue weighted by Crippen LogP contribution is 2.23. The molecule has 0 heterocycles. The van der Waals surface area contributed by atoms with Crippen LogP contribution < -0.4 is 0 Å². The van der Waals surface area contributed by atoms with Gasteiger partial charge in [-0.25, -0.2) is 0 Å². The quantitative estimate of drug-likeness (QED) is 0.477. The molecular formula is C10H6ClF3N2O. The Morgan fingerprint density at radius 1 is 1.35 bits per heavy atom. The lowest BCUT2D eigenvalue weighted by Gasteiger charge is -2.09. The number of nitrogens with zero attached hydrogens (tertiary/aromatic N) is 2. The zero-order chi connectivity index (χ0) is 12.9. The summed E-state index contributed by atoms with van der Waals surface area (Å²) in [7, 11) is 0. The van der Waals surface area contributed by atoms with E-state index in [0.717, 1.165) is 0 Å². The number of hydrogen-bond donors (Lipinski definition) is 0. The predicted molar refractivity (Wildman–Crippen MR) is 55.6 cm³/mol. The molecular weight excluding hydrogens is 257 g/mol. The van der Waals surface area contributed by atoms with Gasteiger partial charge in [-0.2, -0.15) is 18.4 Å². The number of oxime groups is 1. The first kappa shape index (κ1) is 13.3. The third kappa shape index (κ3) is 3.96. The molecule has 3 nitrogen and oxygen atoms in total. The molecule has 0 unspecified atom stereocenters. The molecule has 0 N–H and O–H groups in total. The van der Waals surface area contributed by atoms with Crippen molar-refractivity contribution >= 4 is 17.3 Å². The second kappa shape index (κ2) is 5.55. The van der Waals surface area contributed by atoms with E-state index in [1.54, 1.807) is 0 Å². The van der Waals surface area contributed by atoms with Crippen LogP contribution in [0.15, 0.2) is 29.4 Å². The summed E-state index contributed by atoms with van der Waals surface area (Å²) in [5.74, 6) is 0. The van der Waals surface area contributed by atoms with Gasteiger partial charge in [-0.1, -0.05) is 28.9 Å². The molecule has 1 aromatic rings. The van der Waals surface area contributed by atoms with Gasteiger partial charge in [0.05, 0.1) is 0 Å².